The van der Waals surface area contributed by atoms with E-state index in [4.69, 9.17) is 4.74 Å². The maximum Gasteiger partial charge on any atom is 0.295 e. The summed E-state index contributed by atoms with van der Waals surface area (Å²) in [5.74, 6) is -1.38. The number of rotatable bonds is 6. The molecule has 36 heavy (non-hydrogen) atoms. The van der Waals surface area contributed by atoms with Gasteiger partial charge in [0.15, 0.2) is 0 Å². The number of benzene rings is 2. The van der Waals surface area contributed by atoms with Crippen molar-refractivity contribution in [2.45, 2.75) is 38.6 Å². The van der Waals surface area contributed by atoms with Crippen LogP contribution in [0.2, 0.25) is 0 Å². The molecule has 0 spiro atoms. The first-order valence-electron chi connectivity index (χ1n) is 11.7. The van der Waals surface area contributed by atoms with Gasteiger partial charge in [0.25, 0.3) is 11.7 Å². The zero-order valence-corrected chi connectivity index (χ0v) is 20.8. The largest absolute Gasteiger partial charge is 0.507 e. The topological polar surface area (TPSA) is 79.7 Å². The molecule has 1 N–H and O–H groups in total. The predicted octanol–water partition coefficient (Wildman–Crippen LogP) is 5.19. The highest BCUT2D eigenvalue weighted by atomic mass is 19.1. The summed E-state index contributed by atoms with van der Waals surface area (Å²) >= 11 is 0. The molecule has 0 aliphatic carbocycles. The van der Waals surface area contributed by atoms with Gasteiger partial charge in [-0.1, -0.05) is 39.0 Å². The van der Waals surface area contributed by atoms with Crippen LogP contribution in [0.25, 0.3) is 5.76 Å². The van der Waals surface area contributed by atoms with Crippen LogP contribution in [0, 0.1) is 5.82 Å². The lowest BCUT2D eigenvalue weighted by Crippen LogP contribution is -2.31. The quantitative estimate of drug-likeness (QED) is 0.293. The molecule has 0 bridgehead atoms. The lowest BCUT2D eigenvalue weighted by molar-refractivity contribution is -0.139. The van der Waals surface area contributed by atoms with E-state index in [1.165, 1.54) is 17.0 Å². The molecule has 186 valence electrons. The monoisotopic (exact) mass is 488 g/mol. The van der Waals surface area contributed by atoms with Crippen molar-refractivity contribution in [1.29, 1.82) is 0 Å². The van der Waals surface area contributed by atoms with Crippen molar-refractivity contribution in [2.24, 2.45) is 0 Å². The molecule has 1 fully saturated rings. The number of ether oxygens (including phenoxy) is 1. The molecule has 0 saturated carbocycles. The molecule has 1 unspecified atom stereocenters. The number of pyridine rings is 1. The summed E-state index contributed by atoms with van der Waals surface area (Å²) in [5.41, 5.74) is 2.45. The van der Waals surface area contributed by atoms with E-state index < -0.39 is 17.7 Å². The molecular weight excluding hydrogens is 459 g/mol. The van der Waals surface area contributed by atoms with Gasteiger partial charge in [0, 0.05) is 30.1 Å². The van der Waals surface area contributed by atoms with Crippen molar-refractivity contribution in [3.05, 3.63) is 101 Å². The molecule has 2 heterocycles. The zero-order valence-electron chi connectivity index (χ0n) is 20.8. The van der Waals surface area contributed by atoms with Crippen LogP contribution in [0.1, 0.15) is 49.1 Å². The minimum atomic E-state index is -0.806. The van der Waals surface area contributed by atoms with Gasteiger partial charge >= 0.3 is 0 Å². The van der Waals surface area contributed by atoms with Crippen molar-refractivity contribution in [3.63, 3.8) is 0 Å². The normalized spacial score (nSPS) is 17.5. The number of amides is 1. The Morgan fingerprint density at radius 2 is 1.83 bits per heavy atom. The zero-order chi connectivity index (χ0) is 26.0. The number of halogens is 1. The molecule has 4 rings (SSSR count). The third kappa shape index (κ3) is 4.87. The summed E-state index contributed by atoms with van der Waals surface area (Å²) in [7, 11) is 1.58. The minimum absolute atomic E-state index is 0.0112. The van der Waals surface area contributed by atoms with Gasteiger partial charge in [-0.2, -0.15) is 0 Å². The van der Waals surface area contributed by atoms with Gasteiger partial charge in [0.05, 0.1) is 18.7 Å². The maximum atomic E-state index is 13.3. The number of Topliss-reactive ketones (excluding diaryl/α,β-unsaturated/α-hetero) is 1. The minimum Gasteiger partial charge on any atom is -0.507 e. The highest BCUT2D eigenvalue weighted by molar-refractivity contribution is 6.46. The van der Waals surface area contributed by atoms with Crippen molar-refractivity contribution < 1.29 is 23.8 Å². The van der Waals surface area contributed by atoms with E-state index >= 15 is 0 Å². The average molecular weight is 489 g/mol. The Morgan fingerprint density at radius 3 is 2.44 bits per heavy atom. The number of hydrogen-bond acceptors (Lipinski definition) is 5. The number of hydrogen-bond donors (Lipinski definition) is 1. The summed E-state index contributed by atoms with van der Waals surface area (Å²) < 4.78 is 18.8. The Hall–Kier alpha value is -4.00. The number of aliphatic hydroxyl groups excluding tert-OH is 1. The lowest BCUT2D eigenvalue weighted by Gasteiger charge is -2.25. The van der Waals surface area contributed by atoms with E-state index in [0.717, 1.165) is 11.1 Å². The second kappa shape index (κ2) is 9.93. The molecule has 1 aliphatic rings. The van der Waals surface area contributed by atoms with E-state index in [2.05, 4.69) is 4.98 Å². The van der Waals surface area contributed by atoms with Gasteiger partial charge in [0.2, 0.25) is 0 Å². The fourth-order valence-electron chi connectivity index (χ4n) is 4.49. The lowest BCUT2D eigenvalue weighted by atomic mass is 9.84. The van der Waals surface area contributed by atoms with E-state index in [1.54, 1.807) is 62.0 Å². The van der Waals surface area contributed by atoms with Gasteiger partial charge in [-0.15, -0.1) is 0 Å². The Kier molecular flexibility index (Phi) is 6.93. The van der Waals surface area contributed by atoms with Crippen LogP contribution >= 0.6 is 0 Å². The molecule has 1 aromatic heterocycles. The Bertz CT molecular complexity index is 1310. The Balaban J connectivity index is 1.80. The van der Waals surface area contributed by atoms with Gasteiger partial charge in [0.1, 0.15) is 17.3 Å². The summed E-state index contributed by atoms with van der Waals surface area (Å²) in [4.78, 5) is 32.1. The molecule has 1 saturated heterocycles. The molecule has 1 aliphatic heterocycles. The van der Waals surface area contributed by atoms with Crippen molar-refractivity contribution in [2.75, 3.05) is 13.7 Å². The SMILES string of the molecule is COc1ccc(/C(O)=C2/C(=O)C(=O)N(CCc3ccc(F)cc3)C2c2cccnc2)cc1C(C)(C)C. The number of methoxy groups -OCH3 is 1. The van der Waals surface area contributed by atoms with Gasteiger partial charge in [-0.3, -0.25) is 14.6 Å². The highest BCUT2D eigenvalue weighted by Crippen LogP contribution is 2.40. The second-order valence-electron chi connectivity index (χ2n) is 9.82. The number of ketones is 1. The first kappa shape index (κ1) is 25.1. The van der Waals surface area contributed by atoms with Crippen LogP contribution < -0.4 is 4.74 Å². The van der Waals surface area contributed by atoms with Crippen LogP contribution in [0.3, 0.4) is 0 Å². The molecule has 1 atom stereocenters. The van der Waals surface area contributed by atoms with E-state index in [1.807, 2.05) is 20.8 Å². The smallest absolute Gasteiger partial charge is 0.295 e. The number of aromatic nitrogens is 1. The number of nitrogens with zero attached hydrogens (tertiary/aromatic N) is 2. The van der Waals surface area contributed by atoms with Crippen LogP contribution in [0.5, 0.6) is 5.75 Å². The second-order valence-corrected chi connectivity index (χ2v) is 9.82. The fraction of sp³-hybridized carbons (Fsp3) is 0.276. The third-order valence-corrected chi connectivity index (χ3v) is 6.38. The Morgan fingerprint density at radius 1 is 1.11 bits per heavy atom. The van der Waals surface area contributed by atoms with Crippen molar-refractivity contribution in [1.82, 2.24) is 9.88 Å². The maximum absolute atomic E-state index is 13.3. The van der Waals surface area contributed by atoms with Crippen LogP contribution in [0.15, 0.2) is 72.6 Å². The van der Waals surface area contributed by atoms with E-state index in [9.17, 15) is 19.1 Å². The molecule has 2 aromatic carbocycles. The fourth-order valence-corrected chi connectivity index (χ4v) is 4.49. The standard InChI is InChI=1S/C29H29FN2O4/c1-29(2,3)22-16-19(9-12-23(22)36-4)26(33)24-25(20-6-5-14-31-17-20)32(28(35)27(24)34)15-13-18-7-10-21(30)11-8-18/h5-12,14,16-17,25,33H,13,15H2,1-4H3/b26-24-. The summed E-state index contributed by atoms with van der Waals surface area (Å²) in [6, 6.07) is 13.9. The van der Waals surface area contributed by atoms with Crippen LogP contribution in [-0.4, -0.2) is 40.3 Å². The van der Waals surface area contributed by atoms with Crippen LogP contribution in [0.4, 0.5) is 4.39 Å². The molecule has 6 nitrogen and oxygen atoms in total. The average Bonchev–Trinajstić information content (AvgIpc) is 3.12. The highest BCUT2D eigenvalue weighted by Gasteiger charge is 2.46. The number of likely N-dealkylation sites (tertiary alicyclic amines) is 1. The van der Waals surface area contributed by atoms with E-state index in [-0.39, 0.29) is 29.1 Å². The number of aliphatic hydroxyl groups is 1. The number of carbonyl (C=O) groups excluding carboxylic acids is 2. The summed E-state index contributed by atoms with van der Waals surface area (Å²) in [5, 5.41) is 11.4. The molecule has 1 amide bonds. The molecule has 7 heteroatoms. The molecule has 3 aromatic rings. The number of carbonyl (C=O) groups is 2. The Labute approximate surface area is 210 Å². The predicted molar refractivity (Wildman–Crippen MR) is 135 cm³/mol. The first-order valence-corrected chi connectivity index (χ1v) is 11.7. The summed E-state index contributed by atoms with van der Waals surface area (Å²) in [6.45, 7) is 6.29. The van der Waals surface area contributed by atoms with E-state index in [0.29, 0.717) is 23.3 Å². The first-order chi connectivity index (χ1) is 17.1. The summed E-state index contributed by atoms with van der Waals surface area (Å²) in [6.07, 6.45) is 3.61. The van der Waals surface area contributed by atoms with Gasteiger partial charge in [-0.05, 0) is 59.4 Å². The van der Waals surface area contributed by atoms with Crippen molar-refractivity contribution >= 4 is 17.4 Å². The molecule has 0 radical (unpaired) electrons. The van der Waals surface area contributed by atoms with Gasteiger partial charge in [-0.25, -0.2) is 4.39 Å². The van der Waals surface area contributed by atoms with Gasteiger partial charge < -0.3 is 14.7 Å². The van der Waals surface area contributed by atoms with Crippen LogP contribution in [-0.2, 0) is 21.4 Å². The third-order valence-electron chi connectivity index (χ3n) is 6.38. The van der Waals surface area contributed by atoms with Crippen molar-refractivity contribution in [3.8, 4) is 5.75 Å². The molecular formula is C29H29FN2O4.